The largest absolute Gasteiger partial charge is 2.00 e. The normalized spacial score (nSPS) is 23.7. The molecule has 6 nitrogen and oxygen atoms in total. The fraction of sp³-hybridized carbons (Fsp3) is 0.571. The molecule has 7 aromatic rings. The van der Waals surface area contributed by atoms with E-state index in [1.54, 1.807) is 5.56 Å². The Morgan fingerprint density at radius 2 is 0.758 bits per heavy atom. The molecule has 1 spiro atoms. The molecule has 12 aliphatic carbocycles. The summed E-state index contributed by atoms with van der Waals surface area (Å²) >= 11 is 0. The predicted molar refractivity (Wildman–Crippen MR) is 517 cm³/mol. The zero-order chi connectivity index (χ0) is 81.6. The molecule has 666 valence electrons. The van der Waals surface area contributed by atoms with Crippen molar-refractivity contribution in [2.45, 2.75) is 302 Å². The summed E-state index contributed by atoms with van der Waals surface area (Å²) in [6, 6.07) is 44.6. The van der Waals surface area contributed by atoms with Gasteiger partial charge in [-0.2, -0.15) is 0 Å². The van der Waals surface area contributed by atoms with E-state index in [-0.39, 0.29) is 63.8 Å². The van der Waals surface area contributed by atoms with Crippen LogP contribution < -0.4 is 19.3 Å². The first-order chi connectivity index (χ1) is 54.9. The van der Waals surface area contributed by atoms with Crippen LogP contribution in [-0.2, 0) is 69.3 Å². The van der Waals surface area contributed by atoms with Crippen LogP contribution in [0.2, 0.25) is 0 Å². The van der Waals surface area contributed by atoms with E-state index in [0.29, 0.717) is 17.6 Å². The average molecular weight is 1720 g/mol. The van der Waals surface area contributed by atoms with E-state index in [1.165, 1.54) is 242 Å². The molecule has 7 aromatic carbocycles. The minimum atomic E-state index is 0. The van der Waals surface area contributed by atoms with Gasteiger partial charge in [-0.3, -0.25) is 0 Å². The minimum absolute atomic E-state index is 0. The van der Waals surface area contributed by atoms with Crippen LogP contribution in [0.4, 0.5) is 11.4 Å². The van der Waals surface area contributed by atoms with Crippen LogP contribution >= 0.6 is 0 Å². The fourth-order valence-electron chi connectivity index (χ4n) is 21.9. The summed E-state index contributed by atoms with van der Waals surface area (Å²) in [4.78, 5) is 4.53. The number of benzene rings is 7. The van der Waals surface area contributed by atoms with Crippen LogP contribution in [0.3, 0.4) is 0 Å². The van der Waals surface area contributed by atoms with Gasteiger partial charge >= 0.3 is 34.1 Å². The third kappa shape index (κ3) is 27.7. The number of anilines is 2. The van der Waals surface area contributed by atoms with E-state index in [0.717, 1.165) is 134 Å². The first-order valence-electron chi connectivity index (χ1n) is 46.0. The molecule has 0 saturated heterocycles. The van der Waals surface area contributed by atoms with Gasteiger partial charge in [-0.15, -0.1) is 0 Å². The number of aryl methyl sites for hydroxylation is 13. The van der Waals surface area contributed by atoms with Gasteiger partial charge in [0, 0.05) is 44.9 Å². The van der Waals surface area contributed by atoms with E-state index in [4.69, 9.17) is 18.9 Å². The molecule has 6 bridgehead atoms. The number of hydrogen-bond acceptors (Lipinski definition) is 6. The molecule has 10 atom stereocenters. The van der Waals surface area contributed by atoms with Crippen LogP contribution in [0.15, 0.2) is 133 Å². The van der Waals surface area contributed by atoms with Crippen molar-refractivity contribution in [3.05, 3.63) is 241 Å². The Hall–Kier alpha value is -5.56. The van der Waals surface area contributed by atoms with E-state index >= 15 is 0 Å². The number of likely N-dealkylation sites (N-methyl/N-ethyl adjacent to an activating group) is 2. The molecular weight excluding hydrogens is 1550 g/mol. The van der Waals surface area contributed by atoms with Crippen molar-refractivity contribution in [2.24, 2.45) is 58.7 Å². The number of rotatable bonds is 7. The number of nitrogens with zero attached hydrogens (tertiary/aromatic N) is 2. The van der Waals surface area contributed by atoms with Gasteiger partial charge in [-0.1, -0.05) is 266 Å². The maximum Gasteiger partial charge on any atom is 2.00 e. The molecule has 14 aliphatic rings. The van der Waals surface area contributed by atoms with E-state index in [9.17, 15) is 0 Å². The van der Waals surface area contributed by atoms with Gasteiger partial charge in [0.2, 0.25) is 0 Å². The molecule has 0 aromatic heterocycles. The molecule has 21 rings (SSSR count). The Kier molecular flexibility index (Phi) is 46.6. The Bertz CT molecular complexity index is 3890. The Balaban J connectivity index is 0.000000291. The Morgan fingerprint density at radius 3 is 1.10 bits per heavy atom. The maximum atomic E-state index is 6.12. The zero-order valence-corrected chi connectivity index (χ0v) is 82.5. The topological polar surface area (TPSA) is 43.4 Å². The monoisotopic (exact) mass is 1720 g/mol. The Morgan fingerprint density at radius 1 is 0.383 bits per heavy atom. The van der Waals surface area contributed by atoms with Crippen molar-refractivity contribution in [3.63, 3.8) is 0 Å². The van der Waals surface area contributed by atoms with Gasteiger partial charge in [0.25, 0.3) is 0 Å². The predicted octanol–water partition coefficient (Wildman–Crippen LogP) is 30.5. The number of allylic oxidation sites excluding steroid dienone is 2. The molecule has 0 radical (unpaired) electrons. The van der Waals surface area contributed by atoms with Crippen molar-refractivity contribution in [2.75, 3.05) is 64.4 Å². The second kappa shape index (κ2) is 52.4. The summed E-state index contributed by atoms with van der Waals surface area (Å²) in [5.41, 5.74) is 27.7. The van der Waals surface area contributed by atoms with Crippen LogP contribution in [0.5, 0.6) is 11.5 Å². The molecule has 120 heavy (non-hydrogen) atoms. The fourth-order valence-corrected chi connectivity index (χ4v) is 21.9. The second-order valence-corrected chi connectivity index (χ2v) is 37.6. The summed E-state index contributed by atoms with van der Waals surface area (Å²) in [6.07, 6.45) is 43.2. The van der Waals surface area contributed by atoms with Crippen LogP contribution in [0.25, 0.3) is 22.3 Å². The minimum Gasteiger partial charge on any atom is -0.489 e. The number of ether oxygens (including phenoxy) is 4. The summed E-state index contributed by atoms with van der Waals surface area (Å²) < 4.78 is 23.4. The van der Waals surface area contributed by atoms with E-state index in [2.05, 4.69) is 268 Å². The molecule has 10 unspecified atom stereocenters. The molecule has 0 amide bonds. The summed E-state index contributed by atoms with van der Waals surface area (Å²) in [7, 11) is 7.95. The number of hydrogen-bond donors (Lipinski definition) is 0. The SMILES string of the molecule is C1CCCC1.C1CCCC1.CC(C)C1CCCC1C.CC1C2C=CC(C2)C1C.COC1CCCC12CCCC2OC.Cc1cc2ccc1CCc1ccc(c(C)c1)CC2.Cc1ccc2c(c1-c1c(C)ccc3c1OCCN3C)OCCN2C.Cc1cccc(C)c1-c1c(C)cccc1C.Cc1ccccc1C1CCCC1C(C)C.[CH3-].[CH3-].[CH3-].[CH3-].[Fe+2].[Fe+2]. The second-order valence-electron chi connectivity index (χ2n) is 37.6. The first kappa shape index (κ1) is 107. The molecule has 8 heteroatoms. The summed E-state index contributed by atoms with van der Waals surface area (Å²) in [5.74, 6) is 11.3. The van der Waals surface area contributed by atoms with Crippen LogP contribution in [-0.4, -0.2) is 66.8 Å². The first-order valence-corrected chi connectivity index (χ1v) is 46.0. The zero-order valence-electron chi connectivity index (χ0n) is 80.3. The molecule has 2 heterocycles. The van der Waals surface area contributed by atoms with Crippen molar-refractivity contribution in [1.29, 1.82) is 0 Å². The standard InChI is InChI=1S/C20H24N2O2.C18H20.C16H18.C15H22.C11H20O2.C9H14.C9H18.2C5H10.4CH3.2Fe/c1-13-5-7-15-19(23-11-9-21(15)3)17(13)18-14(2)6-8-16-20(18)24-12-10-22(16)4;1-13-11-15-3-7-17(13)9-5-16-4-8-18(10-6-15)14(2)12-16;1-11-7-5-8-12(2)15(11)16-13(3)9-6-10-14(16)4;1-11(2)13-9-6-10-15(13)14-8-5-4-7-12(14)3;1-12-9-5-3-7-11(9)8-4-6-10(11)13-2;1-6-7(2)9-4-3-8(6)5-9;1-7(2)9-6-4-5-8(9)3;2*1-2-4-5-3-1;;;;;;/h5-8H,9-12H2,1-4H3;3-4,7-8,11-12H,5-6,9-10H2,1-2H3;5-10H,1-4H3;4-5,7-8,11,13,15H,6,9-10H2,1-3H3;9-10H,3-8H2,1-2H3;3-4,6-9H,5H2,1-2H3;7-9H,4-6H2,1-3H3;2*1-5H2;4*1H3;;/q;;;;;;;;;4*-1;2*+2. The van der Waals surface area contributed by atoms with Crippen LogP contribution in [0, 0.1) is 151 Å². The summed E-state index contributed by atoms with van der Waals surface area (Å²) in [5, 5.41) is 0. The quantitative estimate of drug-likeness (QED) is 0.0900. The third-order valence-electron chi connectivity index (χ3n) is 29.2. The van der Waals surface area contributed by atoms with Gasteiger partial charge < -0.3 is 58.5 Å². The third-order valence-corrected chi connectivity index (χ3v) is 29.2. The molecular formula is C112H168Fe2N2O4. The smallest absolute Gasteiger partial charge is 0.489 e. The average Bonchev–Trinajstić information content (AvgIpc) is 1.19. The molecule has 2 aliphatic heterocycles. The maximum absolute atomic E-state index is 6.12. The van der Waals surface area contributed by atoms with Crippen molar-refractivity contribution in [3.8, 4) is 33.8 Å². The molecule has 0 N–H and O–H groups in total. The van der Waals surface area contributed by atoms with E-state index < -0.39 is 0 Å². The van der Waals surface area contributed by atoms with Crippen LogP contribution in [0.1, 0.15) is 280 Å². The van der Waals surface area contributed by atoms with Crippen molar-refractivity contribution < 1.29 is 53.1 Å². The number of methoxy groups -OCH3 is 2. The van der Waals surface area contributed by atoms with Crippen molar-refractivity contribution >= 4 is 11.4 Å². The number of fused-ring (bicyclic) bond motifs is 4. The molecule has 7 fully saturated rings. The van der Waals surface area contributed by atoms with Gasteiger partial charge in [0.1, 0.15) is 13.2 Å². The van der Waals surface area contributed by atoms with Gasteiger partial charge in [0.05, 0.1) is 36.7 Å². The van der Waals surface area contributed by atoms with Gasteiger partial charge in [0.15, 0.2) is 11.5 Å². The van der Waals surface area contributed by atoms with Gasteiger partial charge in [-0.05, 0) is 300 Å². The van der Waals surface area contributed by atoms with Gasteiger partial charge in [-0.25, -0.2) is 0 Å². The summed E-state index contributed by atoms with van der Waals surface area (Å²) in [6.45, 7) is 39.7. The van der Waals surface area contributed by atoms with E-state index in [1.807, 2.05) is 14.2 Å². The molecule has 7 saturated carbocycles. The Labute approximate surface area is 759 Å². The van der Waals surface area contributed by atoms with Crippen molar-refractivity contribution in [1.82, 2.24) is 0 Å².